The van der Waals surface area contributed by atoms with Crippen LogP contribution >= 0.6 is 0 Å². The molecule has 0 aliphatic carbocycles. The molecule has 1 nitrogen and oxygen atoms in total. The fourth-order valence-corrected chi connectivity index (χ4v) is 2.56. The SMILES string of the molecule is Cc1ccc(C(CCO)c2cc(C)ccc2C)cc1. The number of benzene rings is 2. The number of hydrogen-bond acceptors (Lipinski definition) is 1. The smallest absolute Gasteiger partial charge is 0.0440 e. The van der Waals surface area contributed by atoms with Crippen LogP contribution in [0.5, 0.6) is 0 Å². The number of aliphatic hydroxyl groups is 1. The van der Waals surface area contributed by atoms with Crippen LogP contribution in [-0.4, -0.2) is 11.7 Å². The highest BCUT2D eigenvalue weighted by atomic mass is 16.3. The van der Waals surface area contributed by atoms with Crippen LogP contribution in [0.4, 0.5) is 0 Å². The van der Waals surface area contributed by atoms with Gasteiger partial charge in [-0.15, -0.1) is 0 Å². The molecule has 0 saturated carbocycles. The Bertz CT molecular complexity index is 540. The molecule has 19 heavy (non-hydrogen) atoms. The van der Waals surface area contributed by atoms with Crippen LogP contribution in [0.15, 0.2) is 42.5 Å². The van der Waals surface area contributed by atoms with E-state index in [-0.39, 0.29) is 12.5 Å². The Labute approximate surface area is 115 Å². The zero-order valence-corrected chi connectivity index (χ0v) is 12.0. The molecule has 2 rings (SSSR count). The van der Waals surface area contributed by atoms with Gasteiger partial charge in [0.2, 0.25) is 0 Å². The maximum Gasteiger partial charge on any atom is 0.0440 e. The minimum Gasteiger partial charge on any atom is -0.396 e. The van der Waals surface area contributed by atoms with Crippen molar-refractivity contribution in [2.24, 2.45) is 0 Å². The van der Waals surface area contributed by atoms with E-state index in [1.807, 2.05) is 0 Å². The molecule has 0 aromatic heterocycles. The van der Waals surface area contributed by atoms with Crippen molar-refractivity contribution in [1.29, 1.82) is 0 Å². The molecule has 1 heteroatoms. The van der Waals surface area contributed by atoms with Gasteiger partial charge in [-0.2, -0.15) is 0 Å². The van der Waals surface area contributed by atoms with Crippen LogP contribution in [0.2, 0.25) is 0 Å². The molecule has 0 aliphatic heterocycles. The fraction of sp³-hybridized carbons (Fsp3) is 0.333. The molecule has 0 fully saturated rings. The number of aliphatic hydroxyl groups excluding tert-OH is 1. The average molecular weight is 254 g/mol. The summed E-state index contributed by atoms with van der Waals surface area (Å²) >= 11 is 0. The largest absolute Gasteiger partial charge is 0.396 e. The molecule has 0 amide bonds. The molecule has 1 atom stereocenters. The van der Waals surface area contributed by atoms with Gasteiger partial charge in [0.15, 0.2) is 0 Å². The normalized spacial score (nSPS) is 12.4. The first kappa shape index (κ1) is 13.8. The van der Waals surface area contributed by atoms with Crippen molar-refractivity contribution in [2.75, 3.05) is 6.61 Å². The highest BCUT2D eigenvalue weighted by molar-refractivity contribution is 5.40. The molecule has 100 valence electrons. The van der Waals surface area contributed by atoms with Gasteiger partial charge in [0.1, 0.15) is 0 Å². The molecule has 2 aromatic rings. The monoisotopic (exact) mass is 254 g/mol. The lowest BCUT2D eigenvalue weighted by molar-refractivity contribution is 0.281. The Morgan fingerprint density at radius 2 is 1.53 bits per heavy atom. The molecule has 1 N–H and O–H groups in total. The standard InChI is InChI=1S/C18H22O/c1-13-5-8-16(9-6-13)17(10-11-19)18-12-14(2)4-7-15(18)3/h4-9,12,17,19H,10-11H2,1-3H3. The number of rotatable bonds is 4. The molecule has 1 unspecified atom stereocenters. The molecule has 0 spiro atoms. The van der Waals surface area contributed by atoms with E-state index in [2.05, 4.69) is 63.2 Å². The second-order valence-electron chi connectivity index (χ2n) is 5.34. The Balaban J connectivity index is 2.44. The average Bonchev–Trinajstić information content (AvgIpc) is 2.40. The lowest BCUT2D eigenvalue weighted by Gasteiger charge is -2.20. The summed E-state index contributed by atoms with van der Waals surface area (Å²) in [6, 6.07) is 15.2. The minimum absolute atomic E-state index is 0.214. The van der Waals surface area contributed by atoms with Crippen LogP contribution < -0.4 is 0 Å². The molecule has 0 aliphatic rings. The van der Waals surface area contributed by atoms with Crippen LogP contribution in [-0.2, 0) is 0 Å². The molecular weight excluding hydrogens is 232 g/mol. The summed E-state index contributed by atoms with van der Waals surface area (Å²) < 4.78 is 0. The van der Waals surface area contributed by atoms with Gasteiger partial charge in [0, 0.05) is 12.5 Å². The quantitative estimate of drug-likeness (QED) is 0.870. The second kappa shape index (κ2) is 6.03. The lowest BCUT2D eigenvalue weighted by atomic mass is 9.85. The maximum atomic E-state index is 9.37. The third-order valence-corrected chi connectivity index (χ3v) is 3.71. The van der Waals surface area contributed by atoms with Crippen LogP contribution in [0.1, 0.15) is 40.2 Å². The molecule has 0 bridgehead atoms. The van der Waals surface area contributed by atoms with Crippen LogP contribution in [0, 0.1) is 20.8 Å². The summed E-state index contributed by atoms with van der Waals surface area (Å²) in [5, 5.41) is 9.37. The van der Waals surface area contributed by atoms with E-state index in [1.54, 1.807) is 0 Å². The van der Waals surface area contributed by atoms with Crippen molar-refractivity contribution in [2.45, 2.75) is 33.1 Å². The summed E-state index contributed by atoms with van der Waals surface area (Å²) in [4.78, 5) is 0. The third kappa shape index (κ3) is 3.24. The first-order valence-corrected chi connectivity index (χ1v) is 6.86. The highest BCUT2D eigenvalue weighted by Gasteiger charge is 2.15. The maximum absolute atomic E-state index is 9.37. The van der Waals surface area contributed by atoms with Crippen molar-refractivity contribution in [3.63, 3.8) is 0 Å². The first-order chi connectivity index (χ1) is 9.11. The number of aryl methyl sites for hydroxylation is 3. The lowest BCUT2D eigenvalue weighted by Crippen LogP contribution is -2.06. The zero-order chi connectivity index (χ0) is 13.8. The van der Waals surface area contributed by atoms with E-state index in [4.69, 9.17) is 0 Å². The second-order valence-corrected chi connectivity index (χ2v) is 5.34. The minimum atomic E-state index is 0.214. The van der Waals surface area contributed by atoms with Crippen LogP contribution in [0.3, 0.4) is 0 Å². The third-order valence-electron chi connectivity index (χ3n) is 3.71. The molecule has 0 saturated heterocycles. The molecule has 0 heterocycles. The van der Waals surface area contributed by atoms with E-state index in [1.165, 1.54) is 27.8 Å². The molecular formula is C18H22O. The van der Waals surface area contributed by atoms with Crippen molar-refractivity contribution in [1.82, 2.24) is 0 Å². The van der Waals surface area contributed by atoms with Crippen LogP contribution in [0.25, 0.3) is 0 Å². The summed E-state index contributed by atoms with van der Waals surface area (Å²) in [5.74, 6) is 0.283. The van der Waals surface area contributed by atoms with Crippen molar-refractivity contribution < 1.29 is 5.11 Å². The van der Waals surface area contributed by atoms with E-state index in [9.17, 15) is 5.11 Å². The highest BCUT2D eigenvalue weighted by Crippen LogP contribution is 2.30. The van der Waals surface area contributed by atoms with E-state index >= 15 is 0 Å². The van der Waals surface area contributed by atoms with E-state index in [0.717, 1.165) is 6.42 Å². The summed E-state index contributed by atoms with van der Waals surface area (Å²) in [5.41, 5.74) is 6.46. The van der Waals surface area contributed by atoms with Gasteiger partial charge in [0.25, 0.3) is 0 Å². The Kier molecular flexibility index (Phi) is 4.39. The predicted molar refractivity (Wildman–Crippen MR) is 80.6 cm³/mol. The Hall–Kier alpha value is -1.60. The summed E-state index contributed by atoms with van der Waals surface area (Å²) in [7, 11) is 0. The van der Waals surface area contributed by atoms with Gasteiger partial charge in [-0.25, -0.2) is 0 Å². The Morgan fingerprint density at radius 3 is 2.16 bits per heavy atom. The van der Waals surface area contributed by atoms with Crippen molar-refractivity contribution >= 4 is 0 Å². The summed E-state index contributed by atoms with van der Waals surface area (Å²) in [6.07, 6.45) is 0.771. The Morgan fingerprint density at radius 1 is 0.895 bits per heavy atom. The van der Waals surface area contributed by atoms with Gasteiger partial charge >= 0.3 is 0 Å². The number of hydrogen-bond donors (Lipinski definition) is 1. The molecule has 2 aromatic carbocycles. The van der Waals surface area contributed by atoms with E-state index < -0.39 is 0 Å². The summed E-state index contributed by atoms with van der Waals surface area (Å²) in [6.45, 7) is 6.58. The van der Waals surface area contributed by atoms with Crippen molar-refractivity contribution in [3.05, 3.63) is 70.3 Å². The fourth-order valence-electron chi connectivity index (χ4n) is 2.56. The topological polar surface area (TPSA) is 20.2 Å². The molecule has 0 radical (unpaired) electrons. The van der Waals surface area contributed by atoms with Gasteiger partial charge in [-0.1, -0.05) is 53.6 Å². The van der Waals surface area contributed by atoms with Gasteiger partial charge in [-0.3, -0.25) is 0 Å². The van der Waals surface area contributed by atoms with Crippen molar-refractivity contribution in [3.8, 4) is 0 Å². The zero-order valence-electron chi connectivity index (χ0n) is 12.0. The van der Waals surface area contributed by atoms with Gasteiger partial charge in [0.05, 0.1) is 0 Å². The van der Waals surface area contributed by atoms with E-state index in [0.29, 0.717) is 0 Å². The van der Waals surface area contributed by atoms with Gasteiger partial charge in [-0.05, 0) is 43.9 Å². The van der Waals surface area contributed by atoms with Gasteiger partial charge < -0.3 is 5.11 Å². The first-order valence-electron chi connectivity index (χ1n) is 6.86. The predicted octanol–water partition coefficient (Wildman–Crippen LogP) is 4.13.